The van der Waals surface area contributed by atoms with Crippen LogP contribution in [-0.4, -0.2) is 51.1 Å². The van der Waals surface area contributed by atoms with Crippen molar-refractivity contribution in [2.45, 2.75) is 30.7 Å². The van der Waals surface area contributed by atoms with Crippen molar-refractivity contribution in [2.24, 2.45) is 0 Å². The number of carbonyl (C=O) groups is 2. The van der Waals surface area contributed by atoms with Gasteiger partial charge in [0.25, 0.3) is 15.9 Å². The fourth-order valence-electron chi connectivity index (χ4n) is 3.27. The number of hydrogen-bond acceptors (Lipinski definition) is 5. The Balaban J connectivity index is 1.67. The highest BCUT2D eigenvalue weighted by molar-refractivity contribution is 7.92. The van der Waals surface area contributed by atoms with E-state index in [0.29, 0.717) is 32.5 Å². The summed E-state index contributed by atoms with van der Waals surface area (Å²) in [7, 11) is -4.00. The molecule has 31 heavy (non-hydrogen) atoms. The van der Waals surface area contributed by atoms with Crippen LogP contribution in [-0.2, 0) is 14.8 Å². The van der Waals surface area contributed by atoms with Gasteiger partial charge in [0.15, 0.2) is 0 Å². The van der Waals surface area contributed by atoms with Crippen molar-refractivity contribution in [1.29, 1.82) is 0 Å². The first-order valence-electron chi connectivity index (χ1n) is 9.90. The quantitative estimate of drug-likeness (QED) is 0.706. The van der Waals surface area contributed by atoms with E-state index in [-0.39, 0.29) is 28.3 Å². The Morgan fingerprint density at radius 2 is 1.74 bits per heavy atom. The number of sulfonamides is 1. The van der Waals surface area contributed by atoms with Gasteiger partial charge in [-0.15, -0.1) is 0 Å². The van der Waals surface area contributed by atoms with Gasteiger partial charge in [0.05, 0.1) is 22.8 Å². The van der Waals surface area contributed by atoms with E-state index in [1.54, 1.807) is 24.0 Å². The van der Waals surface area contributed by atoms with Crippen LogP contribution >= 0.6 is 0 Å². The topological polar surface area (TPSA) is 105 Å². The number of benzene rings is 2. The van der Waals surface area contributed by atoms with Gasteiger partial charge in [0, 0.05) is 19.1 Å². The van der Waals surface area contributed by atoms with Crippen LogP contribution in [0, 0.1) is 5.82 Å². The lowest BCUT2D eigenvalue weighted by Crippen LogP contribution is -2.46. The molecule has 2 amide bonds. The Morgan fingerprint density at radius 1 is 1.10 bits per heavy atom. The highest BCUT2D eigenvalue weighted by Gasteiger charge is 2.26. The zero-order valence-corrected chi connectivity index (χ0v) is 17.8. The molecule has 0 atom stereocenters. The lowest BCUT2D eigenvalue weighted by molar-refractivity contribution is 0.0860. The van der Waals surface area contributed by atoms with Crippen molar-refractivity contribution >= 4 is 27.7 Å². The van der Waals surface area contributed by atoms with Gasteiger partial charge in [-0.25, -0.2) is 17.6 Å². The monoisotopic (exact) mass is 449 g/mol. The number of likely N-dealkylation sites (tertiary alicyclic amines) is 1. The number of hydrogen-bond donors (Lipinski definition) is 2. The van der Waals surface area contributed by atoms with Crippen molar-refractivity contribution in [3.8, 4) is 0 Å². The third-order valence-electron chi connectivity index (χ3n) is 4.90. The number of amides is 2. The molecule has 1 fully saturated rings. The van der Waals surface area contributed by atoms with Gasteiger partial charge in [-0.05, 0) is 56.2 Å². The van der Waals surface area contributed by atoms with Crippen LogP contribution in [0.3, 0.4) is 0 Å². The summed E-state index contributed by atoms with van der Waals surface area (Å²) in [6, 6.07) is 10.5. The molecule has 0 unspecified atom stereocenters. The second kappa shape index (κ2) is 9.78. The van der Waals surface area contributed by atoms with Crippen molar-refractivity contribution in [2.75, 3.05) is 24.4 Å². The number of nitrogens with zero attached hydrogens (tertiary/aromatic N) is 1. The molecule has 0 aromatic heterocycles. The number of ether oxygens (including phenoxy) is 1. The zero-order chi connectivity index (χ0) is 22.4. The van der Waals surface area contributed by atoms with Crippen LogP contribution in [0.4, 0.5) is 14.9 Å². The average molecular weight is 450 g/mol. The number of carbonyl (C=O) groups excluding carboxylic acids is 2. The molecule has 1 heterocycles. The lowest BCUT2D eigenvalue weighted by atomic mass is 10.0. The molecule has 0 aliphatic carbocycles. The zero-order valence-electron chi connectivity index (χ0n) is 17.0. The first kappa shape index (κ1) is 22.5. The molecule has 2 aromatic rings. The van der Waals surface area contributed by atoms with Crippen molar-refractivity contribution < 1.29 is 27.1 Å². The van der Waals surface area contributed by atoms with Crippen LogP contribution in [0.1, 0.15) is 30.1 Å². The summed E-state index contributed by atoms with van der Waals surface area (Å²) >= 11 is 0. The molecule has 0 saturated carbocycles. The lowest BCUT2D eigenvalue weighted by Gasteiger charge is -2.31. The van der Waals surface area contributed by atoms with E-state index < -0.39 is 21.7 Å². The molecular formula is C21H24FN3O5S. The summed E-state index contributed by atoms with van der Waals surface area (Å²) in [5, 5.41) is 2.90. The maximum absolute atomic E-state index is 13.1. The van der Waals surface area contributed by atoms with Gasteiger partial charge in [-0.3, -0.25) is 9.52 Å². The van der Waals surface area contributed by atoms with E-state index in [1.807, 2.05) is 0 Å². The maximum atomic E-state index is 13.1. The van der Waals surface area contributed by atoms with Crippen LogP contribution in [0.5, 0.6) is 0 Å². The van der Waals surface area contributed by atoms with Crippen LogP contribution in [0.15, 0.2) is 53.4 Å². The average Bonchev–Trinajstić information content (AvgIpc) is 2.75. The molecule has 8 nitrogen and oxygen atoms in total. The maximum Gasteiger partial charge on any atom is 0.409 e. The van der Waals surface area contributed by atoms with Gasteiger partial charge < -0.3 is 15.0 Å². The molecule has 0 radical (unpaired) electrons. The number of rotatable bonds is 6. The van der Waals surface area contributed by atoms with Crippen molar-refractivity contribution in [3.63, 3.8) is 0 Å². The normalized spacial score (nSPS) is 14.7. The summed E-state index contributed by atoms with van der Waals surface area (Å²) in [6.45, 7) is 2.97. The Morgan fingerprint density at radius 3 is 2.39 bits per heavy atom. The van der Waals surface area contributed by atoms with E-state index in [9.17, 15) is 22.4 Å². The Labute approximate surface area is 180 Å². The fraction of sp³-hybridized carbons (Fsp3) is 0.333. The molecule has 166 valence electrons. The summed E-state index contributed by atoms with van der Waals surface area (Å²) < 4.78 is 45.7. The second-order valence-electron chi connectivity index (χ2n) is 7.04. The van der Waals surface area contributed by atoms with Crippen molar-refractivity contribution in [1.82, 2.24) is 10.2 Å². The number of piperidine rings is 1. The van der Waals surface area contributed by atoms with Gasteiger partial charge in [-0.2, -0.15) is 0 Å². The molecule has 3 rings (SSSR count). The number of para-hydroxylation sites is 1. The summed E-state index contributed by atoms with van der Waals surface area (Å²) in [4.78, 5) is 26.1. The SMILES string of the molecule is CCOC(=O)N1CCC(NC(=O)c2ccccc2NS(=O)(=O)c2ccc(F)cc2)CC1. The smallest absolute Gasteiger partial charge is 0.409 e. The molecule has 2 aromatic carbocycles. The molecule has 10 heteroatoms. The van der Waals surface area contributed by atoms with Gasteiger partial charge in [-0.1, -0.05) is 12.1 Å². The van der Waals surface area contributed by atoms with E-state index in [1.165, 1.54) is 12.1 Å². The standard InChI is InChI=1S/C21H24FN3O5S/c1-2-30-21(27)25-13-11-16(12-14-25)23-20(26)18-5-3-4-6-19(18)24-31(28,29)17-9-7-15(22)8-10-17/h3-10,16,24H,2,11-14H2,1H3,(H,23,26). The van der Waals surface area contributed by atoms with Gasteiger partial charge in [0.1, 0.15) is 5.82 Å². The Kier molecular flexibility index (Phi) is 7.11. The van der Waals surface area contributed by atoms with Gasteiger partial charge in [0.2, 0.25) is 0 Å². The summed E-state index contributed by atoms with van der Waals surface area (Å²) in [5.74, 6) is -0.972. The fourth-order valence-corrected chi connectivity index (χ4v) is 4.35. The minimum atomic E-state index is -4.00. The highest BCUT2D eigenvalue weighted by Crippen LogP contribution is 2.21. The molecule has 1 aliphatic heterocycles. The molecule has 1 aliphatic rings. The van der Waals surface area contributed by atoms with Gasteiger partial charge >= 0.3 is 6.09 Å². The third kappa shape index (κ3) is 5.72. The highest BCUT2D eigenvalue weighted by atomic mass is 32.2. The second-order valence-corrected chi connectivity index (χ2v) is 8.72. The predicted molar refractivity (Wildman–Crippen MR) is 113 cm³/mol. The number of nitrogens with one attached hydrogen (secondary N) is 2. The molecule has 0 spiro atoms. The molecule has 1 saturated heterocycles. The summed E-state index contributed by atoms with van der Waals surface area (Å²) in [5.41, 5.74) is 0.286. The Bertz CT molecular complexity index is 1040. The Hall–Kier alpha value is -3.14. The first-order chi connectivity index (χ1) is 14.8. The number of halogens is 1. The molecule has 0 bridgehead atoms. The summed E-state index contributed by atoms with van der Waals surface area (Å²) in [6.07, 6.45) is 0.759. The first-order valence-corrected chi connectivity index (χ1v) is 11.4. The van der Waals surface area contributed by atoms with E-state index in [0.717, 1.165) is 24.3 Å². The third-order valence-corrected chi connectivity index (χ3v) is 6.28. The van der Waals surface area contributed by atoms with E-state index in [4.69, 9.17) is 4.74 Å². The van der Waals surface area contributed by atoms with Crippen LogP contribution in [0.2, 0.25) is 0 Å². The largest absolute Gasteiger partial charge is 0.450 e. The molecular weight excluding hydrogens is 425 g/mol. The van der Waals surface area contributed by atoms with Crippen LogP contribution < -0.4 is 10.0 Å². The van der Waals surface area contributed by atoms with Crippen LogP contribution in [0.25, 0.3) is 0 Å². The predicted octanol–water partition coefficient (Wildman–Crippen LogP) is 2.98. The van der Waals surface area contributed by atoms with E-state index in [2.05, 4.69) is 10.0 Å². The van der Waals surface area contributed by atoms with E-state index >= 15 is 0 Å². The molecule has 2 N–H and O–H groups in total. The minimum Gasteiger partial charge on any atom is -0.450 e. The number of anilines is 1. The minimum absolute atomic E-state index is 0.115. The van der Waals surface area contributed by atoms with Crippen molar-refractivity contribution in [3.05, 3.63) is 59.9 Å².